The number of hydrogen-bond acceptors (Lipinski definition) is 7. The average Bonchev–Trinajstić information content (AvgIpc) is 3.09. The first-order valence-electron chi connectivity index (χ1n) is 7.99. The second kappa shape index (κ2) is 7.65. The molecule has 2 aromatic carbocycles. The van der Waals surface area contributed by atoms with Crippen molar-refractivity contribution in [3.05, 3.63) is 70.1 Å². The van der Waals surface area contributed by atoms with Crippen LogP contribution in [0.25, 0.3) is 11.4 Å². The molecule has 0 N–H and O–H groups in total. The number of ether oxygens (including phenoxy) is 1. The highest BCUT2D eigenvalue weighted by Gasteiger charge is 2.14. The van der Waals surface area contributed by atoms with Gasteiger partial charge in [-0.15, -0.1) is 0 Å². The van der Waals surface area contributed by atoms with E-state index in [1.54, 1.807) is 14.0 Å². The Balaban J connectivity index is 1.65. The Bertz CT molecular complexity index is 968. The van der Waals surface area contributed by atoms with E-state index in [4.69, 9.17) is 9.26 Å². The predicted molar refractivity (Wildman–Crippen MR) is 95.1 cm³/mol. The summed E-state index contributed by atoms with van der Waals surface area (Å²) in [5, 5.41) is 14.5. The maximum Gasteiger partial charge on any atom is 0.415 e. The Morgan fingerprint density at radius 1 is 1.26 bits per heavy atom. The molecule has 3 aromatic rings. The first-order valence-corrected chi connectivity index (χ1v) is 7.99. The van der Waals surface area contributed by atoms with Crippen LogP contribution in [0.5, 0.6) is 5.75 Å². The summed E-state index contributed by atoms with van der Waals surface area (Å²) in [7, 11) is 1.60. The van der Waals surface area contributed by atoms with Crippen LogP contribution in [0.15, 0.2) is 53.1 Å². The first-order chi connectivity index (χ1) is 12.9. The molecule has 0 spiro atoms. The summed E-state index contributed by atoms with van der Waals surface area (Å²) in [4.78, 5) is 27.9. The SMILES string of the molecule is Cc1nc(-c2cccc(CN(C)C(=O)Oc3ccc([N+](=O)[O-])cc3)c2)no1. The lowest BCUT2D eigenvalue weighted by molar-refractivity contribution is -0.384. The smallest absolute Gasteiger partial charge is 0.410 e. The molecular weight excluding hydrogens is 352 g/mol. The topological polar surface area (TPSA) is 112 Å². The van der Waals surface area contributed by atoms with Crippen LogP contribution in [0, 0.1) is 17.0 Å². The molecule has 0 fully saturated rings. The summed E-state index contributed by atoms with van der Waals surface area (Å²) in [6.07, 6.45) is -0.579. The molecule has 0 bridgehead atoms. The second-order valence-electron chi connectivity index (χ2n) is 5.81. The Hall–Kier alpha value is -3.75. The highest BCUT2D eigenvalue weighted by atomic mass is 16.6. The van der Waals surface area contributed by atoms with E-state index in [1.165, 1.54) is 29.2 Å². The number of carbonyl (C=O) groups is 1. The molecule has 9 heteroatoms. The molecule has 0 saturated heterocycles. The van der Waals surface area contributed by atoms with Crippen LogP contribution < -0.4 is 4.74 Å². The van der Waals surface area contributed by atoms with Crippen molar-refractivity contribution in [2.45, 2.75) is 13.5 Å². The zero-order valence-electron chi connectivity index (χ0n) is 14.7. The normalized spacial score (nSPS) is 10.4. The van der Waals surface area contributed by atoms with E-state index in [1.807, 2.05) is 24.3 Å². The highest BCUT2D eigenvalue weighted by Crippen LogP contribution is 2.20. The van der Waals surface area contributed by atoms with Crippen molar-refractivity contribution in [2.24, 2.45) is 0 Å². The molecule has 0 radical (unpaired) electrons. The molecule has 0 unspecified atom stereocenters. The number of amides is 1. The Labute approximate surface area is 154 Å². The lowest BCUT2D eigenvalue weighted by Crippen LogP contribution is -2.29. The van der Waals surface area contributed by atoms with Gasteiger partial charge in [0.1, 0.15) is 5.75 Å². The van der Waals surface area contributed by atoms with Gasteiger partial charge in [-0.2, -0.15) is 4.98 Å². The quantitative estimate of drug-likeness (QED) is 0.500. The molecule has 1 heterocycles. The van der Waals surface area contributed by atoms with E-state index in [-0.39, 0.29) is 11.4 Å². The summed E-state index contributed by atoms with van der Waals surface area (Å²) in [5.41, 5.74) is 1.57. The van der Waals surface area contributed by atoms with Crippen LogP contribution in [0.2, 0.25) is 0 Å². The van der Waals surface area contributed by atoms with Crippen molar-refractivity contribution in [2.75, 3.05) is 7.05 Å². The van der Waals surface area contributed by atoms with Gasteiger partial charge in [-0.05, 0) is 23.8 Å². The summed E-state index contributed by atoms with van der Waals surface area (Å²) in [5.74, 6) is 1.18. The fourth-order valence-electron chi connectivity index (χ4n) is 2.38. The summed E-state index contributed by atoms with van der Waals surface area (Å²) >= 11 is 0. The van der Waals surface area contributed by atoms with E-state index in [2.05, 4.69) is 10.1 Å². The third-order valence-corrected chi connectivity index (χ3v) is 3.70. The molecule has 27 heavy (non-hydrogen) atoms. The minimum Gasteiger partial charge on any atom is -0.410 e. The van der Waals surface area contributed by atoms with E-state index >= 15 is 0 Å². The number of benzene rings is 2. The largest absolute Gasteiger partial charge is 0.415 e. The Morgan fingerprint density at radius 2 is 2.00 bits per heavy atom. The average molecular weight is 368 g/mol. The van der Waals surface area contributed by atoms with E-state index in [0.717, 1.165) is 11.1 Å². The number of hydrogen-bond donors (Lipinski definition) is 0. The van der Waals surface area contributed by atoms with Gasteiger partial charge in [-0.3, -0.25) is 10.1 Å². The minimum absolute atomic E-state index is 0.0725. The van der Waals surface area contributed by atoms with Crippen molar-refractivity contribution in [3.8, 4) is 17.1 Å². The number of nitrogens with zero attached hydrogens (tertiary/aromatic N) is 4. The van der Waals surface area contributed by atoms with Gasteiger partial charge < -0.3 is 14.2 Å². The van der Waals surface area contributed by atoms with Crippen molar-refractivity contribution in [3.63, 3.8) is 0 Å². The molecule has 3 rings (SSSR count). The molecule has 0 aliphatic carbocycles. The van der Waals surface area contributed by atoms with Crippen LogP contribution >= 0.6 is 0 Å². The molecule has 138 valence electrons. The van der Waals surface area contributed by atoms with Gasteiger partial charge in [0.05, 0.1) is 4.92 Å². The van der Waals surface area contributed by atoms with Gasteiger partial charge in [-0.25, -0.2) is 4.79 Å². The fraction of sp³-hybridized carbons (Fsp3) is 0.167. The third-order valence-electron chi connectivity index (χ3n) is 3.70. The molecule has 1 aromatic heterocycles. The standard InChI is InChI=1S/C18H16N4O5/c1-12-19-17(20-27-12)14-5-3-4-13(10-14)11-21(2)18(23)26-16-8-6-15(7-9-16)22(24)25/h3-10H,11H2,1-2H3. The predicted octanol–water partition coefficient (Wildman–Crippen LogP) is 3.58. The molecule has 1 amide bonds. The number of nitro benzene ring substituents is 1. The lowest BCUT2D eigenvalue weighted by atomic mass is 10.1. The van der Waals surface area contributed by atoms with Crippen LogP contribution in [0.3, 0.4) is 0 Å². The molecule has 9 nitrogen and oxygen atoms in total. The van der Waals surface area contributed by atoms with Crippen molar-refractivity contribution >= 4 is 11.8 Å². The van der Waals surface area contributed by atoms with Crippen LogP contribution in [-0.2, 0) is 6.54 Å². The van der Waals surface area contributed by atoms with Crippen molar-refractivity contribution in [1.82, 2.24) is 15.0 Å². The first kappa shape index (κ1) is 18.1. The summed E-state index contributed by atoms with van der Waals surface area (Å²) in [6, 6.07) is 12.7. The fourth-order valence-corrected chi connectivity index (χ4v) is 2.38. The zero-order valence-corrected chi connectivity index (χ0v) is 14.7. The van der Waals surface area contributed by atoms with E-state index in [0.29, 0.717) is 18.3 Å². The van der Waals surface area contributed by atoms with Crippen LogP contribution in [0.1, 0.15) is 11.5 Å². The van der Waals surface area contributed by atoms with Gasteiger partial charge in [0.25, 0.3) is 5.69 Å². The van der Waals surface area contributed by atoms with Crippen molar-refractivity contribution < 1.29 is 19.0 Å². The molecule has 0 aliphatic heterocycles. The van der Waals surface area contributed by atoms with E-state index in [9.17, 15) is 14.9 Å². The van der Waals surface area contributed by atoms with E-state index < -0.39 is 11.0 Å². The van der Waals surface area contributed by atoms with Gasteiger partial charge >= 0.3 is 6.09 Å². The number of non-ortho nitro benzene ring substituents is 1. The molecule has 0 aliphatic rings. The van der Waals surface area contributed by atoms with Gasteiger partial charge in [0, 0.05) is 38.2 Å². The molecular formula is C18H16N4O5. The van der Waals surface area contributed by atoms with Crippen LogP contribution in [-0.4, -0.2) is 33.1 Å². The number of aromatic nitrogens is 2. The third kappa shape index (κ3) is 4.46. The van der Waals surface area contributed by atoms with Crippen LogP contribution in [0.4, 0.5) is 10.5 Å². The number of aryl methyl sites for hydroxylation is 1. The Kier molecular flexibility index (Phi) is 5.11. The van der Waals surface area contributed by atoms with Gasteiger partial charge in [-0.1, -0.05) is 23.4 Å². The maximum atomic E-state index is 12.2. The monoisotopic (exact) mass is 368 g/mol. The summed E-state index contributed by atoms with van der Waals surface area (Å²) in [6.45, 7) is 2.01. The van der Waals surface area contributed by atoms with Gasteiger partial charge in [0.2, 0.25) is 11.7 Å². The van der Waals surface area contributed by atoms with Gasteiger partial charge in [0.15, 0.2) is 0 Å². The Morgan fingerprint density at radius 3 is 2.63 bits per heavy atom. The van der Waals surface area contributed by atoms with Crippen molar-refractivity contribution in [1.29, 1.82) is 0 Å². The lowest BCUT2D eigenvalue weighted by Gasteiger charge is -2.17. The minimum atomic E-state index is -0.579. The summed E-state index contributed by atoms with van der Waals surface area (Å²) < 4.78 is 10.2. The zero-order chi connectivity index (χ0) is 19.4. The molecule has 0 saturated carbocycles. The maximum absolute atomic E-state index is 12.2. The second-order valence-corrected chi connectivity index (χ2v) is 5.81. The number of rotatable bonds is 5. The number of nitro groups is 1. The highest BCUT2D eigenvalue weighted by molar-refractivity contribution is 5.70. The molecule has 0 atom stereocenters. The number of carbonyl (C=O) groups excluding carboxylic acids is 1.